The van der Waals surface area contributed by atoms with Crippen molar-refractivity contribution >= 4 is 8.38 Å². The molecule has 1 rings (SSSR count). The highest BCUT2D eigenvalue weighted by Gasteiger charge is 2.33. The Balaban J connectivity index is 2.49. The Hall–Kier alpha value is 0.270. The van der Waals surface area contributed by atoms with Crippen LogP contribution in [0.2, 0.25) is 0 Å². The summed E-state index contributed by atoms with van der Waals surface area (Å²) in [5.74, 6) is 0. The molecule has 1 aliphatic heterocycles. The van der Waals surface area contributed by atoms with Crippen LogP contribution in [0.1, 0.15) is 6.92 Å². The summed E-state index contributed by atoms with van der Waals surface area (Å²) in [5, 5.41) is 18.1. The fourth-order valence-electron chi connectivity index (χ4n) is 0.878. The molecular formula is C5H11O4P. The average Bonchev–Trinajstić information content (AvgIpc) is 1.82. The van der Waals surface area contributed by atoms with E-state index in [2.05, 4.69) is 0 Å². The number of aliphatic hydroxyl groups is 2. The third kappa shape index (κ3) is 1.65. The van der Waals surface area contributed by atoms with E-state index in [4.69, 9.17) is 19.6 Å². The molecule has 10 heavy (non-hydrogen) atoms. The maximum atomic E-state index is 9.09. The van der Waals surface area contributed by atoms with E-state index in [1.165, 1.54) is 0 Å². The Morgan fingerprint density at radius 3 is 2.60 bits per heavy atom. The largest absolute Gasteiger partial charge is 0.390 e. The predicted octanol–water partition coefficient (Wildman–Crippen LogP) is -0.569. The van der Waals surface area contributed by atoms with Crippen molar-refractivity contribution in [2.24, 2.45) is 0 Å². The lowest BCUT2D eigenvalue weighted by atomic mass is 10.1. The third-order valence-corrected chi connectivity index (χ3v) is 2.77. The molecule has 0 amide bonds. The van der Waals surface area contributed by atoms with Crippen LogP contribution in [0.3, 0.4) is 0 Å². The summed E-state index contributed by atoms with van der Waals surface area (Å²) in [6.45, 7) is 1.62. The monoisotopic (exact) mass is 166 g/mol. The van der Waals surface area contributed by atoms with Crippen LogP contribution in [-0.2, 0) is 4.52 Å². The molecule has 1 heterocycles. The van der Waals surface area contributed by atoms with E-state index in [1.807, 2.05) is 0 Å². The standard InChI is InChI=1S/C5H11O4P/c1-3-5(7)4(6)2-10(8)9-3/h3-8H,2H2,1H3/t3-,4-,5+,10?/m1/s1. The summed E-state index contributed by atoms with van der Waals surface area (Å²) in [5.41, 5.74) is 0. The number of hydrogen-bond donors (Lipinski definition) is 3. The second-order valence-corrected chi connectivity index (χ2v) is 3.68. The first kappa shape index (κ1) is 8.37. The molecule has 0 bridgehead atoms. The van der Waals surface area contributed by atoms with E-state index in [-0.39, 0.29) is 6.16 Å². The van der Waals surface area contributed by atoms with Crippen molar-refractivity contribution in [1.82, 2.24) is 0 Å². The van der Waals surface area contributed by atoms with E-state index in [0.29, 0.717) is 0 Å². The quantitative estimate of drug-likeness (QED) is 0.421. The van der Waals surface area contributed by atoms with Gasteiger partial charge >= 0.3 is 0 Å². The second kappa shape index (κ2) is 3.11. The van der Waals surface area contributed by atoms with Crippen molar-refractivity contribution in [3.63, 3.8) is 0 Å². The van der Waals surface area contributed by atoms with Crippen LogP contribution < -0.4 is 0 Å². The molecule has 0 aliphatic carbocycles. The SMILES string of the molecule is C[C@H]1OP(O)C[C@@H](O)[C@H]1O. The van der Waals surface area contributed by atoms with Crippen LogP contribution in [-0.4, -0.2) is 39.6 Å². The van der Waals surface area contributed by atoms with Gasteiger partial charge in [0.15, 0.2) is 8.38 Å². The summed E-state index contributed by atoms with van der Waals surface area (Å²) in [7, 11) is -1.51. The van der Waals surface area contributed by atoms with Crippen LogP contribution in [0.15, 0.2) is 0 Å². The van der Waals surface area contributed by atoms with Crippen molar-refractivity contribution < 1.29 is 19.6 Å². The van der Waals surface area contributed by atoms with Crippen molar-refractivity contribution in [3.05, 3.63) is 0 Å². The van der Waals surface area contributed by atoms with Crippen molar-refractivity contribution in [1.29, 1.82) is 0 Å². The smallest absolute Gasteiger partial charge is 0.170 e. The van der Waals surface area contributed by atoms with E-state index in [9.17, 15) is 0 Å². The normalized spacial score (nSPS) is 49.2. The van der Waals surface area contributed by atoms with Crippen LogP contribution in [0.5, 0.6) is 0 Å². The molecule has 0 saturated carbocycles. The maximum Gasteiger partial charge on any atom is 0.170 e. The van der Waals surface area contributed by atoms with Crippen LogP contribution >= 0.6 is 8.38 Å². The summed E-state index contributed by atoms with van der Waals surface area (Å²) in [4.78, 5) is 8.94. The van der Waals surface area contributed by atoms with Gasteiger partial charge in [-0.25, -0.2) is 0 Å². The zero-order valence-corrected chi connectivity index (χ0v) is 6.53. The minimum absolute atomic E-state index is 0.154. The van der Waals surface area contributed by atoms with Gasteiger partial charge in [0.2, 0.25) is 0 Å². The summed E-state index contributed by atoms with van der Waals surface area (Å²) in [6.07, 6.45) is -1.99. The van der Waals surface area contributed by atoms with Gasteiger partial charge in [-0.15, -0.1) is 0 Å². The molecule has 60 valence electrons. The van der Waals surface area contributed by atoms with Gasteiger partial charge in [-0.05, 0) is 6.92 Å². The van der Waals surface area contributed by atoms with Gasteiger partial charge in [-0.3, -0.25) is 0 Å². The highest BCUT2D eigenvalue weighted by molar-refractivity contribution is 7.46. The Bertz CT molecular complexity index is 108. The topological polar surface area (TPSA) is 69.9 Å². The van der Waals surface area contributed by atoms with E-state index in [1.54, 1.807) is 6.92 Å². The minimum atomic E-state index is -1.51. The first-order valence-electron chi connectivity index (χ1n) is 3.10. The molecule has 1 unspecified atom stereocenters. The molecule has 4 atom stereocenters. The fourth-order valence-corrected chi connectivity index (χ4v) is 2.01. The molecule has 1 saturated heterocycles. The van der Waals surface area contributed by atoms with Gasteiger partial charge in [0.25, 0.3) is 0 Å². The van der Waals surface area contributed by atoms with Crippen molar-refractivity contribution in [2.75, 3.05) is 6.16 Å². The fraction of sp³-hybridized carbons (Fsp3) is 1.00. The van der Waals surface area contributed by atoms with Gasteiger partial charge in [-0.1, -0.05) is 0 Å². The number of rotatable bonds is 0. The zero-order valence-electron chi connectivity index (χ0n) is 5.64. The average molecular weight is 166 g/mol. The maximum absolute atomic E-state index is 9.09. The van der Waals surface area contributed by atoms with Gasteiger partial charge < -0.3 is 19.6 Å². The first-order valence-corrected chi connectivity index (χ1v) is 4.50. The molecule has 1 aliphatic rings. The molecule has 1 fully saturated rings. The van der Waals surface area contributed by atoms with E-state index < -0.39 is 26.7 Å². The molecule has 0 aromatic heterocycles. The minimum Gasteiger partial charge on any atom is -0.390 e. The second-order valence-electron chi connectivity index (χ2n) is 2.40. The van der Waals surface area contributed by atoms with Crippen LogP contribution in [0, 0.1) is 0 Å². The van der Waals surface area contributed by atoms with E-state index >= 15 is 0 Å². The Labute approximate surface area is 60.4 Å². The molecule has 0 aromatic carbocycles. The lowest BCUT2D eigenvalue weighted by molar-refractivity contribution is -0.0482. The van der Waals surface area contributed by atoms with Crippen molar-refractivity contribution in [3.8, 4) is 0 Å². The lowest BCUT2D eigenvalue weighted by Gasteiger charge is -2.31. The molecule has 0 radical (unpaired) electrons. The first-order chi connectivity index (χ1) is 4.61. The number of hydrogen-bond acceptors (Lipinski definition) is 4. The highest BCUT2D eigenvalue weighted by Crippen LogP contribution is 2.39. The molecule has 0 aromatic rings. The Morgan fingerprint density at radius 1 is 1.50 bits per heavy atom. The van der Waals surface area contributed by atoms with Gasteiger partial charge in [0, 0.05) is 6.16 Å². The van der Waals surface area contributed by atoms with Gasteiger partial charge in [0.1, 0.15) is 6.10 Å². The summed E-state index contributed by atoms with van der Waals surface area (Å²) in [6, 6.07) is 0. The summed E-state index contributed by atoms with van der Waals surface area (Å²) < 4.78 is 4.88. The van der Waals surface area contributed by atoms with Crippen LogP contribution in [0.25, 0.3) is 0 Å². The molecular weight excluding hydrogens is 155 g/mol. The van der Waals surface area contributed by atoms with E-state index in [0.717, 1.165) is 0 Å². The summed E-state index contributed by atoms with van der Waals surface area (Å²) >= 11 is 0. The zero-order chi connectivity index (χ0) is 7.72. The molecule has 0 spiro atoms. The Kier molecular flexibility index (Phi) is 2.61. The molecule has 5 heteroatoms. The van der Waals surface area contributed by atoms with Gasteiger partial charge in [-0.2, -0.15) is 0 Å². The molecule has 4 nitrogen and oxygen atoms in total. The van der Waals surface area contributed by atoms with Gasteiger partial charge in [0.05, 0.1) is 12.2 Å². The predicted molar refractivity (Wildman–Crippen MR) is 36.6 cm³/mol. The third-order valence-electron chi connectivity index (χ3n) is 1.51. The van der Waals surface area contributed by atoms with Crippen LogP contribution in [0.4, 0.5) is 0 Å². The Morgan fingerprint density at radius 2 is 2.10 bits per heavy atom. The number of aliphatic hydroxyl groups excluding tert-OH is 2. The highest BCUT2D eigenvalue weighted by atomic mass is 31.2. The molecule has 3 N–H and O–H groups in total. The van der Waals surface area contributed by atoms with Crippen molar-refractivity contribution in [2.45, 2.75) is 25.2 Å². The lowest BCUT2D eigenvalue weighted by Crippen LogP contribution is -2.42.